The minimum atomic E-state index is 0.543. The molecule has 0 N–H and O–H groups in total. The fourth-order valence-corrected chi connectivity index (χ4v) is 2.14. The molecule has 0 aliphatic heterocycles. The van der Waals surface area contributed by atoms with Gasteiger partial charge >= 0.3 is 0 Å². The molecule has 2 nitrogen and oxygen atoms in total. The second-order valence-corrected chi connectivity index (χ2v) is 4.68. The van der Waals surface area contributed by atoms with E-state index in [0.717, 1.165) is 31.0 Å². The molecule has 0 unspecified atom stereocenters. The smallest absolute Gasteiger partial charge is 0.153 e. The van der Waals surface area contributed by atoms with E-state index < -0.39 is 0 Å². The predicted octanol–water partition coefficient (Wildman–Crippen LogP) is 3.39. The summed E-state index contributed by atoms with van der Waals surface area (Å²) in [5, 5.41) is 0.543. The van der Waals surface area contributed by atoms with Crippen LogP contribution < -0.4 is 4.90 Å². The predicted molar refractivity (Wildman–Crippen MR) is 67.5 cm³/mol. The molecule has 0 bridgehead atoms. The Morgan fingerprint density at radius 3 is 2.81 bits per heavy atom. The van der Waals surface area contributed by atoms with Crippen molar-refractivity contribution in [3.63, 3.8) is 0 Å². The first-order valence-corrected chi connectivity index (χ1v) is 6.12. The average molecular weight is 238 g/mol. The van der Waals surface area contributed by atoms with Crippen LogP contribution >= 0.6 is 11.6 Å². The molecule has 1 aliphatic carbocycles. The Hall–Kier alpha value is -1.02. The Morgan fingerprint density at radius 2 is 2.25 bits per heavy atom. The van der Waals surface area contributed by atoms with Crippen molar-refractivity contribution in [1.82, 2.24) is 0 Å². The lowest BCUT2D eigenvalue weighted by Crippen LogP contribution is -2.26. The molecule has 3 heteroatoms. The zero-order valence-electron chi connectivity index (χ0n) is 9.45. The highest BCUT2D eigenvalue weighted by atomic mass is 35.5. The van der Waals surface area contributed by atoms with Crippen molar-refractivity contribution in [2.24, 2.45) is 5.92 Å². The van der Waals surface area contributed by atoms with E-state index in [1.165, 1.54) is 12.8 Å². The van der Waals surface area contributed by atoms with E-state index in [1.54, 1.807) is 6.07 Å². The van der Waals surface area contributed by atoms with E-state index in [9.17, 15) is 4.79 Å². The fraction of sp³-hybridized carbons (Fsp3) is 0.462. The monoisotopic (exact) mass is 237 g/mol. The van der Waals surface area contributed by atoms with E-state index in [-0.39, 0.29) is 0 Å². The largest absolute Gasteiger partial charge is 0.371 e. The molecule has 1 aliphatic rings. The number of hydrogen-bond acceptors (Lipinski definition) is 2. The van der Waals surface area contributed by atoms with Gasteiger partial charge in [-0.3, -0.25) is 4.79 Å². The number of benzene rings is 1. The third kappa shape index (κ3) is 2.38. The molecular weight excluding hydrogens is 222 g/mol. The van der Waals surface area contributed by atoms with E-state index in [4.69, 9.17) is 11.6 Å². The van der Waals surface area contributed by atoms with Crippen LogP contribution in [0.3, 0.4) is 0 Å². The Morgan fingerprint density at radius 1 is 1.50 bits per heavy atom. The van der Waals surface area contributed by atoms with Crippen LogP contribution in [-0.4, -0.2) is 19.4 Å². The van der Waals surface area contributed by atoms with Crippen molar-refractivity contribution in [3.05, 3.63) is 28.8 Å². The quantitative estimate of drug-likeness (QED) is 0.732. The molecule has 1 fully saturated rings. The number of anilines is 1. The molecule has 2 rings (SSSR count). The highest BCUT2D eigenvalue weighted by molar-refractivity contribution is 6.33. The number of carbonyl (C=O) groups excluding carboxylic acids is 1. The topological polar surface area (TPSA) is 20.3 Å². The van der Waals surface area contributed by atoms with Crippen molar-refractivity contribution in [1.29, 1.82) is 0 Å². The molecular formula is C13H16ClNO. The number of carbonyl (C=O) groups is 1. The van der Waals surface area contributed by atoms with Crippen molar-refractivity contribution < 1.29 is 4.79 Å². The van der Waals surface area contributed by atoms with Crippen LogP contribution in [0.15, 0.2) is 18.2 Å². The third-order valence-electron chi connectivity index (χ3n) is 3.05. The summed E-state index contributed by atoms with van der Waals surface area (Å²) >= 11 is 6.02. The van der Waals surface area contributed by atoms with Crippen LogP contribution in [-0.2, 0) is 0 Å². The van der Waals surface area contributed by atoms with Gasteiger partial charge < -0.3 is 4.90 Å². The lowest BCUT2D eigenvalue weighted by atomic mass is 10.1. The standard InChI is InChI=1S/C13H16ClNO/c1-2-15(8-10-6-7-10)13-5-3-4-12(14)11(13)9-16/h3-5,9-10H,2,6-8H2,1H3. The van der Waals surface area contributed by atoms with Gasteiger partial charge in [-0.15, -0.1) is 0 Å². The maximum atomic E-state index is 11.1. The summed E-state index contributed by atoms with van der Waals surface area (Å²) in [5.41, 5.74) is 1.59. The Bertz CT molecular complexity index is 388. The summed E-state index contributed by atoms with van der Waals surface area (Å²) in [6, 6.07) is 5.64. The summed E-state index contributed by atoms with van der Waals surface area (Å²) < 4.78 is 0. The number of rotatable bonds is 5. The first-order chi connectivity index (χ1) is 7.76. The molecule has 0 heterocycles. The lowest BCUT2D eigenvalue weighted by molar-refractivity contribution is 0.112. The van der Waals surface area contributed by atoms with Gasteiger partial charge in [0.2, 0.25) is 0 Å². The minimum Gasteiger partial charge on any atom is -0.371 e. The number of aldehydes is 1. The van der Waals surface area contributed by atoms with Gasteiger partial charge in [0, 0.05) is 18.8 Å². The zero-order valence-corrected chi connectivity index (χ0v) is 10.2. The SMILES string of the molecule is CCN(CC1CC1)c1cccc(Cl)c1C=O. The molecule has 0 amide bonds. The third-order valence-corrected chi connectivity index (χ3v) is 3.38. The minimum absolute atomic E-state index is 0.543. The zero-order chi connectivity index (χ0) is 11.5. The Balaban J connectivity index is 2.28. The van der Waals surface area contributed by atoms with Gasteiger partial charge in [0.05, 0.1) is 10.6 Å². The van der Waals surface area contributed by atoms with Gasteiger partial charge in [0.1, 0.15) is 0 Å². The van der Waals surface area contributed by atoms with Crippen LogP contribution in [0.4, 0.5) is 5.69 Å². The second-order valence-electron chi connectivity index (χ2n) is 4.27. The van der Waals surface area contributed by atoms with Gasteiger partial charge in [-0.1, -0.05) is 17.7 Å². The molecule has 1 aromatic rings. The summed E-state index contributed by atoms with van der Waals surface area (Å²) in [6.07, 6.45) is 3.48. The Kier molecular flexibility index (Phi) is 3.49. The van der Waals surface area contributed by atoms with Crippen LogP contribution in [0.2, 0.25) is 5.02 Å². The summed E-state index contributed by atoms with van der Waals surface area (Å²) in [4.78, 5) is 13.3. The molecule has 1 aromatic carbocycles. The summed E-state index contributed by atoms with van der Waals surface area (Å²) in [5.74, 6) is 0.804. The molecule has 1 saturated carbocycles. The van der Waals surface area contributed by atoms with Crippen molar-refractivity contribution in [3.8, 4) is 0 Å². The maximum absolute atomic E-state index is 11.1. The highest BCUT2D eigenvalue weighted by Crippen LogP contribution is 2.33. The van der Waals surface area contributed by atoms with E-state index in [0.29, 0.717) is 10.6 Å². The van der Waals surface area contributed by atoms with Crippen LogP contribution in [0.25, 0.3) is 0 Å². The van der Waals surface area contributed by atoms with Gasteiger partial charge in [0.25, 0.3) is 0 Å². The number of nitrogens with zero attached hydrogens (tertiary/aromatic N) is 1. The first kappa shape index (κ1) is 11.5. The Labute approximate surface area is 101 Å². The van der Waals surface area contributed by atoms with E-state index >= 15 is 0 Å². The molecule has 0 radical (unpaired) electrons. The van der Waals surface area contributed by atoms with Crippen molar-refractivity contribution in [2.75, 3.05) is 18.0 Å². The van der Waals surface area contributed by atoms with E-state index in [2.05, 4.69) is 11.8 Å². The molecule has 86 valence electrons. The fourth-order valence-electron chi connectivity index (χ4n) is 1.93. The number of halogens is 1. The normalized spacial score (nSPS) is 14.9. The number of hydrogen-bond donors (Lipinski definition) is 0. The summed E-state index contributed by atoms with van der Waals surface area (Å²) in [7, 11) is 0. The molecule has 0 spiro atoms. The van der Waals surface area contributed by atoms with Crippen LogP contribution in [0, 0.1) is 5.92 Å². The maximum Gasteiger partial charge on any atom is 0.153 e. The molecule has 0 saturated heterocycles. The van der Waals surface area contributed by atoms with Crippen molar-refractivity contribution >= 4 is 23.6 Å². The lowest BCUT2D eigenvalue weighted by Gasteiger charge is -2.24. The average Bonchev–Trinajstić information content (AvgIpc) is 3.09. The summed E-state index contributed by atoms with van der Waals surface area (Å²) in [6.45, 7) is 4.06. The van der Waals surface area contributed by atoms with Gasteiger partial charge in [-0.25, -0.2) is 0 Å². The molecule has 16 heavy (non-hydrogen) atoms. The van der Waals surface area contributed by atoms with Crippen LogP contribution in [0.5, 0.6) is 0 Å². The van der Waals surface area contributed by atoms with Crippen LogP contribution in [0.1, 0.15) is 30.1 Å². The highest BCUT2D eigenvalue weighted by Gasteiger charge is 2.25. The second kappa shape index (κ2) is 4.88. The van der Waals surface area contributed by atoms with Gasteiger partial charge in [-0.2, -0.15) is 0 Å². The van der Waals surface area contributed by atoms with Gasteiger partial charge in [0.15, 0.2) is 6.29 Å². The molecule has 0 aromatic heterocycles. The molecule has 0 atom stereocenters. The van der Waals surface area contributed by atoms with Gasteiger partial charge in [-0.05, 0) is 37.8 Å². The van der Waals surface area contributed by atoms with E-state index in [1.807, 2.05) is 12.1 Å². The first-order valence-electron chi connectivity index (χ1n) is 5.75. The van der Waals surface area contributed by atoms with Crippen molar-refractivity contribution in [2.45, 2.75) is 19.8 Å².